The summed E-state index contributed by atoms with van der Waals surface area (Å²) < 4.78 is 7.79. The van der Waals surface area contributed by atoms with Gasteiger partial charge in [-0.15, -0.1) is 0 Å². The van der Waals surface area contributed by atoms with Gasteiger partial charge in [-0.1, -0.05) is 25.0 Å². The van der Waals surface area contributed by atoms with Gasteiger partial charge in [-0.25, -0.2) is 4.98 Å². The van der Waals surface area contributed by atoms with Crippen molar-refractivity contribution < 1.29 is 9.53 Å². The number of imidazole rings is 1. The molecule has 1 aliphatic carbocycles. The number of pyridine rings is 1. The number of nitrogens with zero attached hydrogens (tertiary/aromatic N) is 2. The maximum atomic E-state index is 12.4. The van der Waals surface area contributed by atoms with Crippen LogP contribution in [-0.2, 0) is 6.61 Å². The first kappa shape index (κ1) is 15.7. The molecule has 0 bridgehead atoms. The molecule has 2 aromatic heterocycles. The summed E-state index contributed by atoms with van der Waals surface area (Å²) in [5.74, 6) is 0.654. The molecule has 1 amide bonds. The zero-order valence-electron chi connectivity index (χ0n) is 14.0. The molecule has 128 valence electrons. The van der Waals surface area contributed by atoms with E-state index in [-0.39, 0.29) is 5.91 Å². The summed E-state index contributed by atoms with van der Waals surface area (Å²) in [6, 6.07) is 13.5. The molecule has 25 heavy (non-hydrogen) atoms. The predicted molar refractivity (Wildman–Crippen MR) is 95.7 cm³/mol. The molecule has 5 nitrogen and oxygen atoms in total. The Morgan fingerprint density at radius 1 is 1.20 bits per heavy atom. The van der Waals surface area contributed by atoms with Crippen molar-refractivity contribution >= 4 is 11.6 Å². The van der Waals surface area contributed by atoms with Crippen molar-refractivity contribution in [3.63, 3.8) is 0 Å². The van der Waals surface area contributed by atoms with E-state index in [0.29, 0.717) is 24.0 Å². The topological polar surface area (TPSA) is 55.6 Å². The Hall–Kier alpha value is -2.82. The van der Waals surface area contributed by atoms with Crippen molar-refractivity contribution in [2.24, 2.45) is 0 Å². The number of fused-ring (bicyclic) bond motifs is 1. The number of carbonyl (C=O) groups excluding carboxylic acids is 1. The third-order valence-electron chi connectivity index (χ3n) is 4.59. The first-order chi connectivity index (χ1) is 12.3. The van der Waals surface area contributed by atoms with Crippen LogP contribution in [0.15, 0.2) is 54.9 Å². The molecule has 3 aromatic rings. The van der Waals surface area contributed by atoms with Crippen LogP contribution in [-0.4, -0.2) is 21.3 Å². The van der Waals surface area contributed by atoms with Crippen LogP contribution in [0.1, 0.15) is 41.7 Å². The summed E-state index contributed by atoms with van der Waals surface area (Å²) in [4.78, 5) is 16.9. The molecule has 1 fully saturated rings. The summed E-state index contributed by atoms with van der Waals surface area (Å²) in [6.45, 7) is 0.370. The highest BCUT2D eigenvalue weighted by molar-refractivity contribution is 5.94. The van der Waals surface area contributed by atoms with Crippen LogP contribution in [0.2, 0.25) is 0 Å². The number of rotatable bonds is 5. The Morgan fingerprint density at radius 2 is 2.08 bits per heavy atom. The number of hydrogen-bond donors (Lipinski definition) is 1. The molecule has 2 heterocycles. The van der Waals surface area contributed by atoms with Gasteiger partial charge in [0.15, 0.2) is 0 Å². The maximum Gasteiger partial charge on any atom is 0.251 e. The molecular weight excluding hydrogens is 314 g/mol. The average molecular weight is 335 g/mol. The van der Waals surface area contributed by atoms with Gasteiger partial charge in [0.25, 0.3) is 5.91 Å². The molecule has 0 unspecified atom stereocenters. The van der Waals surface area contributed by atoms with Crippen LogP contribution >= 0.6 is 0 Å². The highest BCUT2D eigenvalue weighted by atomic mass is 16.5. The molecule has 0 spiro atoms. The first-order valence-corrected chi connectivity index (χ1v) is 8.74. The van der Waals surface area contributed by atoms with E-state index >= 15 is 0 Å². The third kappa shape index (κ3) is 3.65. The van der Waals surface area contributed by atoms with E-state index < -0.39 is 0 Å². The minimum Gasteiger partial charge on any atom is -0.487 e. The van der Waals surface area contributed by atoms with Crippen molar-refractivity contribution in [2.45, 2.75) is 38.3 Å². The third-order valence-corrected chi connectivity index (χ3v) is 4.59. The van der Waals surface area contributed by atoms with E-state index in [1.165, 1.54) is 12.8 Å². The molecule has 1 N–H and O–H groups in total. The SMILES string of the molecule is O=C(NC1CCCC1)c1cccc(OCc2cn3ccccc3n2)c1. The van der Waals surface area contributed by atoms with Crippen molar-refractivity contribution in [2.75, 3.05) is 0 Å². The number of hydrogen-bond acceptors (Lipinski definition) is 3. The quantitative estimate of drug-likeness (QED) is 0.775. The van der Waals surface area contributed by atoms with Gasteiger partial charge in [-0.2, -0.15) is 0 Å². The smallest absolute Gasteiger partial charge is 0.251 e. The highest BCUT2D eigenvalue weighted by Crippen LogP contribution is 2.19. The summed E-state index contributed by atoms with van der Waals surface area (Å²) in [5, 5.41) is 3.10. The van der Waals surface area contributed by atoms with Gasteiger partial charge < -0.3 is 14.5 Å². The van der Waals surface area contributed by atoms with Crippen LogP contribution in [0.3, 0.4) is 0 Å². The lowest BCUT2D eigenvalue weighted by atomic mass is 10.1. The van der Waals surface area contributed by atoms with Crippen molar-refractivity contribution in [3.8, 4) is 5.75 Å². The number of amides is 1. The van der Waals surface area contributed by atoms with Crippen LogP contribution in [0, 0.1) is 0 Å². The van der Waals surface area contributed by atoms with E-state index in [9.17, 15) is 4.79 Å². The van der Waals surface area contributed by atoms with Gasteiger partial charge in [0.1, 0.15) is 18.0 Å². The lowest BCUT2D eigenvalue weighted by Gasteiger charge is -2.12. The molecule has 0 saturated heterocycles. The van der Waals surface area contributed by atoms with E-state index in [1.54, 1.807) is 6.07 Å². The fourth-order valence-corrected chi connectivity index (χ4v) is 3.28. The number of carbonyl (C=O) groups is 1. The second kappa shape index (κ2) is 6.97. The Morgan fingerprint density at radius 3 is 2.92 bits per heavy atom. The molecule has 4 rings (SSSR count). The summed E-state index contributed by atoms with van der Waals surface area (Å²) >= 11 is 0. The van der Waals surface area contributed by atoms with E-state index in [0.717, 1.165) is 24.2 Å². The molecule has 0 atom stereocenters. The van der Waals surface area contributed by atoms with Gasteiger partial charge in [0.05, 0.1) is 5.69 Å². The van der Waals surface area contributed by atoms with E-state index in [2.05, 4.69) is 10.3 Å². The second-order valence-electron chi connectivity index (χ2n) is 6.47. The molecule has 5 heteroatoms. The molecule has 0 aliphatic heterocycles. The monoisotopic (exact) mass is 335 g/mol. The highest BCUT2D eigenvalue weighted by Gasteiger charge is 2.18. The van der Waals surface area contributed by atoms with Crippen molar-refractivity contribution in [1.29, 1.82) is 0 Å². The molecule has 1 saturated carbocycles. The Bertz CT molecular complexity index is 848. The van der Waals surface area contributed by atoms with Gasteiger partial charge in [-0.3, -0.25) is 4.79 Å². The zero-order valence-corrected chi connectivity index (χ0v) is 14.0. The minimum atomic E-state index is -0.0231. The fraction of sp³-hybridized carbons (Fsp3) is 0.300. The molecular formula is C20H21N3O2. The predicted octanol–water partition coefficient (Wildman–Crippen LogP) is 3.59. The number of ether oxygens (including phenoxy) is 1. The van der Waals surface area contributed by atoms with Gasteiger partial charge in [0, 0.05) is 24.0 Å². The molecule has 1 aromatic carbocycles. The number of nitrogens with one attached hydrogen (secondary N) is 1. The largest absolute Gasteiger partial charge is 0.487 e. The Balaban J connectivity index is 1.41. The van der Waals surface area contributed by atoms with Crippen molar-refractivity contribution in [3.05, 3.63) is 66.1 Å². The summed E-state index contributed by atoms with van der Waals surface area (Å²) in [7, 11) is 0. The van der Waals surface area contributed by atoms with E-state index in [1.807, 2.05) is 53.2 Å². The fourth-order valence-electron chi connectivity index (χ4n) is 3.28. The lowest BCUT2D eigenvalue weighted by molar-refractivity contribution is 0.0937. The standard InChI is InChI=1S/C20H21N3O2/c24-20(22-16-7-1-2-8-16)15-6-5-9-18(12-15)25-14-17-13-23-11-4-3-10-19(23)21-17/h3-6,9-13,16H,1-2,7-8,14H2,(H,22,24). The Labute approximate surface area is 146 Å². The first-order valence-electron chi connectivity index (χ1n) is 8.74. The van der Waals surface area contributed by atoms with Crippen LogP contribution in [0.5, 0.6) is 5.75 Å². The summed E-state index contributed by atoms with van der Waals surface area (Å²) in [6.07, 6.45) is 8.47. The van der Waals surface area contributed by atoms with Crippen LogP contribution < -0.4 is 10.1 Å². The lowest BCUT2D eigenvalue weighted by Crippen LogP contribution is -2.32. The molecule has 0 radical (unpaired) electrons. The number of benzene rings is 1. The second-order valence-corrected chi connectivity index (χ2v) is 6.47. The van der Waals surface area contributed by atoms with Gasteiger partial charge >= 0.3 is 0 Å². The average Bonchev–Trinajstić information content (AvgIpc) is 3.29. The van der Waals surface area contributed by atoms with Crippen molar-refractivity contribution in [1.82, 2.24) is 14.7 Å². The maximum absolute atomic E-state index is 12.4. The van der Waals surface area contributed by atoms with Crippen LogP contribution in [0.25, 0.3) is 5.65 Å². The number of aromatic nitrogens is 2. The van der Waals surface area contributed by atoms with Gasteiger partial charge in [0.2, 0.25) is 0 Å². The normalized spacial score (nSPS) is 14.7. The van der Waals surface area contributed by atoms with Crippen LogP contribution in [0.4, 0.5) is 0 Å². The minimum absolute atomic E-state index is 0.0231. The zero-order chi connectivity index (χ0) is 17.1. The van der Waals surface area contributed by atoms with Gasteiger partial charge in [-0.05, 0) is 43.2 Å². The Kier molecular flexibility index (Phi) is 4.37. The molecule has 1 aliphatic rings. The van der Waals surface area contributed by atoms with E-state index in [4.69, 9.17) is 4.74 Å². The summed E-state index contributed by atoms with van der Waals surface area (Å²) in [5.41, 5.74) is 2.39.